The molecule has 0 heterocycles. The number of nitrogens with one attached hydrogen (secondary N) is 1. The van der Waals surface area contributed by atoms with E-state index in [0.717, 1.165) is 18.0 Å². The topological polar surface area (TPSA) is 21.3 Å². The van der Waals surface area contributed by atoms with E-state index in [0.29, 0.717) is 0 Å². The molecule has 18 heavy (non-hydrogen) atoms. The fourth-order valence-electron chi connectivity index (χ4n) is 1.66. The molecule has 0 unspecified atom stereocenters. The summed E-state index contributed by atoms with van der Waals surface area (Å²) in [7, 11) is 1.68. The zero-order valence-electron chi connectivity index (χ0n) is 10.6. The van der Waals surface area contributed by atoms with Crippen LogP contribution in [-0.2, 0) is 6.54 Å². The van der Waals surface area contributed by atoms with Crippen molar-refractivity contribution in [1.82, 2.24) is 0 Å². The molecule has 0 bridgehead atoms. The third-order valence-electron chi connectivity index (χ3n) is 2.75. The predicted molar refractivity (Wildman–Crippen MR) is 78.5 cm³/mol. The smallest absolute Gasteiger partial charge is 0.118 e. The minimum absolute atomic E-state index is 0.822. The molecule has 3 heteroatoms. The van der Waals surface area contributed by atoms with Gasteiger partial charge in [-0.05, 0) is 48.2 Å². The second kappa shape index (κ2) is 6.36. The number of thioether (sulfide) groups is 1. The summed E-state index contributed by atoms with van der Waals surface area (Å²) in [4.78, 5) is 1.28. The molecule has 0 fully saturated rings. The summed E-state index contributed by atoms with van der Waals surface area (Å²) in [6.45, 7) is 0.822. The molecular formula is C15H17NOS. The lowest BCUT2D eigenvalue weighted by atomic mass is 10.2. The van der Waals surface area contributed by atoms with Gasteiger partial charge in [0.2, 0.25) is 0 Å². The highest BCUT2D eigenvalue weighted by atomic mass is 32.2. The van der Waals surface area contributed by atoms with Crippen LogP contribution in [0.2, 0.25) is 0 Å². The van der Waals surface area contributed by atoms with E-state index in [2.05, 4.69) is 48.0 Å². The van der Waals surface area contributed by atoms with Crippen LogP contribution in [0.3, 0.4) is 0 Å². The van der Waals surface area contributed by atoms with Gasteiger partial charge in [0.05, 0.1) is 7.11 Å². The van der Waals surface area contributed by atoms with Crippen LogP contribution in [0.5, 0.6) is 5.75 Å². The van der Waals surface area contributed by atoms with Gasteiger partial charge >= 0.3 is 0 Å². The maximum absolute atomic E-state index is 5.13. The third kappa shape index (κ3) is 3.44. The molecule has 0 aliphatic carbocycles. The van der Waals surface area contributed by atoms with Crippen molar-refractivity contribution in [3.8, 4) is 5.75 Å². The number of anilines is 1. The summed E-state index contributed by atoms with van der Waals surface area (Å²) in [5.41, 5.74) is 2.38. The van der Waals surface area contributed by atoms with Crippen LogP contribution >= 0.6 is 11.8 Å². The van der Waals surface area contributed by atoms with E-state index in [1.165, 1.54) is 10.5 Å². The largest absolute Gasteiger partial charge is 0.497 e. The zero-order chi connectivity index (χ0) is 12.8. The Hall–Kier alpha value is -1.61. The Morgan fingerprint density at radius 2 is 1.67 bits per heavy atom. The maximum Gasteiger partial charge on any atom is 0.118 e. The van der Waals surface area contributed by atoms with Crippen molar-refractivity contribution in [2.45, 2.75) is 11.4 Å². The number of rotatable bonds is 5. The highest BCUT2D eigenvalue weighted by molar-refractivity contribution is 7.98. The molecule has 2 aromatic rings. The average Bonchev–Trinajstić information content (AvgIpc) is 2.46. The Morgan fingerprint density at radius 3 is 2.22 bits per heavy atom. The number of methoxy groups -OCH3 is 1. The van der Waals surface area contributed by atoms with E-state index in [1.54, 1.807) is 18.9 Å². The molecule has 1 N–H and O–H groups in total. The van der Waals surface area contributed by atoms with E-state index in [9.17, 15) is 0 Å². The van der Waals surface area contributed by atoms with E-state index >= 15 is 0 Å². The Labute approximate surface area is 112 Å². The highest BCUT2D eigenvalue weighted by Crippen LogP contribution is 2.18. The lowest BCUT2D eigenvalue weighted by Crippen LogP contribution is -1.99. The number of benzene rings is 2. The third-order valence-corrected chi connectivity index (χ3v) is 3.49. The van der Waals surface area contributed by atoms with Crippen LogP contribution in [-0.4, -0.2) is 13.4 Å². The molecule has 94 valence electrons. The van der Waals surface area contributed by atoms with Crippen molar-refractivity contribution in [2.75, 3.05) is 18.7 Å². The van der Waals surface area contributed by atoms with Crippen LogP contribution in [0.1, 0.15) is 5.56 Å². The van der Waals surface area contributed by atoms with Gasteiger partial charge in [0.15, 0.2) is 0 Å². The second-order valence-corrected chi connectivity index (χ2v) is 4.81. The lowest BCUT2D eigenvalue weighted by Gasteiger charge is -2.08. The van der Waals surface area contributed by atoms with Gasteiger partial charge in [-0.3, -0.25) is 0 Å². The van der Waals surface area contributed by atoms with Gasteiger partial charge in [0.1, 0.15) is 5.75 Å². The Balaban J connectivity index is 1.93. The fraction of sp³-hybridized carbons (Fsp3) is 0.200. The van der Waals surface area contributed by atoms with Crippen LogP contribution in [0.15, 0.2) is 53.4 Å². The summed E-state index contributed by atoms with van der Waals surface area (Å²) in [5, 5.41) is 3.40. The zero-order valence-corrected chi connectivity index (χ0v) is 11.5. The van der Waals surface area contributed by atoms with Crippen LogP contribution in [0.4, 0.5) is 5.69 Å². The van der Waals surface area contributed by atoms with Crippen molar-refractivity contribution in [3.63, 3.8) is 0 Å². The van der Waals surface area contributed by atoms with E-state index in [4.69, 9.17) is 4.74 Å². The van der Waals surface area contributed by atoms with Gasteiger partial charge in [0.25, 0.3) is 0 Å². The standard InChI is InChI=1S/C15H17NOS/c1-17-14-7-3-12(4-8-14)11-16-13-5-9-15(18-2)10-6-13/h3-10,16H,11H2,1-2H3. The van der Waals surface area contributed by atoms with Crippen molar-refractivity contribution in [1.29, 1.82) is 0 Å². The highest BCUT2D eigenvalue weighted by Gasteiger charge is 1.96. The normalized spacial score (nSPS) is 10.1. The minimum Gasteiger partial charge on any atom is -0.497 e. The Morgan fingerprint density at radius 1 is 1.00 bits per heavy atom. The molecule has 0 amide bonds. The predicted octanol–water partition coefficient (Wildman–Crippen LogP) is 4.03. The monoisotopic (exact) mass is 259 g/mol. The van der Waals surface area contributed by atoms with Crippen LogP contribution in [0, 0.1) is 0 Å². The molecule has 0 aliphatic rings. The van der Waals surface area contributed by atoms with Crippen LogP contribution in [0.25, 0.3) is 0 Å². The molecule has 0 spiro atoms. The number of hydrogen-bond donors (Lipinski definition) is 1. The fourth-order valence-corrected chi connectivity index (χ4v) is 2.06. The van der Waals surface area contributed by atoms with Crippen molar-refractivity contribution >= 4 is 17.4 Å². The van der Waals surface area contributed by atoms with Gasteiger partial charge in [-0.1, -0.05) is 12.1 Å². The molecule has 2 nitrogen and oxygen atoms in total. The summed E-state index contributed by atoms with van der Waals surface area (Å²) >= 11 is 1.75. The lowest BCUT2D eigenvalue weighted by molar-refractivity contribution is 0.414. The van der Waals surface area contributed by atoms with Crippen molar-refractivity contribution in [2.24, 2.45) is 0 Å². The average molecular weight is 259 g/mol. The SMILES string of the molecule is COc1ccc(CNc2ccc(SC)cc2)cc1. The quantitative estimate of drug-likeness (QED) is 0.819. The molecule has 0 atom stereocenters. The molecule has 2 rings (SSSR count). The summed E-state index contributed by atoms with van der Waals surface area (Å²) in [6.07, 6.45) is 2.08. The molecule has 0 radical (unpaired) electrons. The molecular weight excluding hydrogens is 242 g/mol. The maximum atomic E-state index is 5.13. The van der Waals surface area contributed by atoms with Gasteiger partial charge in [-0.2, -0.15) is 0 Å². The number of ether oxygens (including phenoxy) is 1. The van der Waals surface area contributed by atoms with Crippen LogP contribution < -0.4 is 10.1 Å². The van der Waals surface area contributed by atoms with Crippen molar-refractivity contribution in [3.05, 3.63) is 54.1 Å². The molecule has 2 aromatic carbocycles. The molecule has 0 aromatic heterocycles. The molecule has 0 saturated heterocycles. The van der Waals surface area contributed by atoms with Gasteiger partial charge in [0, 0.05) is 17.1 Å². The van der Waals surface area contributed by atoms with E-state index < -0.39 is 0 Å². The molecule has 0 aliphatic heterocycles. The van der Waals surface area contributed by atoms with E-state index in [1.807, 2.05) is 12.1 Å². The minimum atomic E-state index is 0.822. The van der Waals surface area contributed by atoms with Crippen molar-refractivity contribution < 1.29 is 4.74 Å². The first-order valence-electron chi connectivity index (χ1n) is 5.82. The summed E-state index contributed by atoms with van der Waals surface area (Å²) in [6, 6.07) is 16.6. The Kier molecular flexibility index (Phi) is 4.53. The summed E-state index contributed by atoms with van der Waals surface area (Å²) < 4.78 is 5.13. The van der Waals surface area contributed by atoms with Gasteiger partial charge < -0.3 is 10.1 Å². The first-order chi connectivity index (χ1) is 8.81. The van der Waals surface area contributed by atoms with Gasteiger partial charge in [-0.25, -0.2) is 0 Å². The second-order valence-electron chi connectivity index (χ2n) is 3.93. The first-order valence-corrected chi connectivity index (χ1v) is 7.05. The Bertz CT molecular complexity index is 431. The first kappa shape index (κ1) is 12.8. The summed E-state index contributed by atoms with van der Waals surface area (Å²) in [5.74, 6) is 0.892. The number of hydrogen-bond acceptors (Lipinski definition) is 3. The molecule has 0 saturated carbocycles. The van der Waals surface area contributed by atoms with Gasteiger partial charge in [-0.15, -0.1) is 11.8 Å². The van der Waals surface area contributed by atoms with E-state index in [-0.39, 0.29) is 0 Å².